The molecular formula is C23H17Cl2N9O. The first-order valence-electron chi connectivity index (χ1n) is 10.7. The molecule has 0 radical (unpaired) electrons. The highest BCUT2D eigenvalue weighted by atomic mass is 35.5. The van der Waals surface area contributed by atoms with E-state index in [0.717, 1.165) is 28.1 Å². The summed E-state index contributed by atoms with van der Waals surface area (Å²) < 4.78 is 3.30. The molecule has 6 rings (SSSR count). The molecule has 10 nitrogen and oxygen atoms in total. The van der Waals surface area contributed by atoms with Gasteiger partial charge in [-0.3, -0.25) is 4.79 Å². The molecule has 174 valence electrons. The van der Waals surface area contributed by atoms with E-state index in [2.05, 4.69) is 30.5 Å². The number of rotatable bonds is 4. The Hall–Kier alpha value is -4.02. The topological polar surface area (TPSA) is 133 Å². The lowest BCUT2D eigenvalue weighted by atomic mass is 10.0. The standard InChI is InChI=1S/C23H17Cl2N9O/c24-14-2-4-17(33-11-28-31-32-33)16(9-14)13-7-15-3-5-18(34(15)20(35)8-13)21-22(25)30-23(29-21)12-1-6-19(26)27-10-12/h1-2,4,6-11,18H,3,5H2,(H2,26,27)(H,29,30)/t18-/m0/s1. The molecule has 1 aliphatic heterocycles. The van der Waals surface area contributed by atoms with E-state index in [0.29, 0.717) is 40.4 Å². The summed E-state index contributed by atoms with van der Waals surface area (Å²) in [6, 6.07) is 12.2. The summed E-state index contributed by atoms with van der Waals surface area (Å²) in [4.78, 5) is 25.2. The van der Waals surface area contributed by atoms with E-state index in [9.17, 15) is 4.79 Å². The van der Waals surface area contributed by atoms with Crippen molar-refractivity contribution < 1.29 is 0 Å². The molecular weight excluding hydrogens is 489 g/mol. The highest BCUT2D eigenvalue weighted by Gasteiger charge is 2.29. The van der Waals surface area contributed by atoms with E-state index in [1.165, 1.54) is 11.0 Å². The van der Waals surface area contributed by atoms with Crippen LogP contribution < -0.4 is 11.3 Å². The number of anilines is 1. The van der Waals surface area contributed by atoms with Crippen LogP contribution in [0.3, 0.4) is 0 Å². The molecule has 0 aliphatic carbocycles. The molecule has 0 spiro atoms. The Balaban J connectivity index is 1.41. The zero-order valence-electron chi connectivity index (χ0n) is 18.1. The Morgan fingerprint density at radius 2 is 1.97 bits per heavy atom. The number of fused-ring (bicyclic) bond motifs is 1. The zero-order chi connectivity index (χ0) is 24.1. The van der Waals surface area contributed by atoms with Crippen LogP contribution in [0.4, 0.5) is 5.82 Å². The SMILES string of the molecule is Nc1ccc(-c2nc(Cl)c([C@@H]3CCc4cc(-c5cc(Cl)ccc5-n5cnnn5)cc(=O)n43)[nH]2)cn1. The first kappa shape index (κ1) is 21.5. The van der Waals surface area contributed by atoms with Gasteiger partial charge in [-0.25, -0.2) is 9.97 Å². The lowest BCUT2D eigenvalue weighted by Gasteiger charge is -2.15. The average molecular weight is 506 g/mol. The zero-order valence-corrected chi connectivity index (χ0v) is 19.6. The van der Waals surface area contributed by atoms with Crippen molar-refractivity contribution in [2.45, 2.75) is 18.9 Å². The van der Waals surface area contributed by atoms with E-state index in [1.54, 1.807) is 35.0 Å². The molecule has 1 aliphatic rings. The number of H-pyrrole nitrogens is 1. The third-order valence-electron chi connectivity index (χ3n) is 6.08. The fourth-order valence-electron chi connectivity index (χ4n) is 4.50. The fourth-order valence-corrected chi connectivity index (χ4v) is 4.93. The maximum absolute atomic E-state index is 13.4. The molecule has 3 N–H and O–H groups in total. The van der Waals surface area contributed by atoms with Gasteiger partial charge in [0, 0.05) is 34.1 Å². The Labute approximate surface area is 208 Å². The van der Waals surface area contributed by atoms with E-state index < -0.39 is 0 Å². The van der Waals surface area contributed by atoms with Gasteiger partial charge in [-0.15, -0.1) is 5.10 Å². The fraction of sp³-hybridized carbons (Fsp3) is 0.130. The number of hydrogen-bond donors (Lipinski definition) is 2. The number of nitrogen functional groups attached to an aromatic ring is 1. The van der Waals surface area contributed by atoms with Crippen LogP contribution in [0.2, 0.25) is 10.2 Å². The van der Waals surface area contributed by atoms with Gasteiger partial charge in [-0.05, 0) is 65.2 Å². The smallest absolute Gasteiger partial charge is 0.251 e. The first-order valence-corrected chi connectivity index (χ1v) is 11.5. The molecule has 0 fully saturated rings. The maximum Gasteiger partial charge on any atom is 0.251 e. The van der Waals surface area contributed by atoms with Crippen LogP contribution in [0.25, 0.3) is 28.2 Å². The monoisotopic (exact) mass is 505 g/mol. The van der Waals surface area contributed by atoms with Crippen molar-refractivity contribution in [2.24, 2.45) is 0 Å². The number of hydrogen-bond acceptors (Lipinski definition) is 7. The van der Waals surface area contributed by atoms with Crippen LogP contribution >= 0.6 is 23.2 Å². The van der Waals surface area contributed by atoms with Gasteiger partial charge < -0.3 is 15.3 Å². The van der Waals surface area contributed by atoms with E-state index in [1.807, 2.05) is 18.2 Å². The van der Waals surface area contributed by atoms with Gasteiger partial charge in [-0.1, -0.05) is 23.2 Å². The van der Waals surface area contributed by atoms with Crippen LogP contribution in [0.1, 0.15) is 23.9 Å². The van der Waals surface area contributed by atoms with Gasteiger partial charge in [0.05, 0.1) is 17.4 Å². The van der Waals surface area contributed by atoms with E-state index in [-0.39, 0.29) is 11.6 Å². The summed E-state index contributed by atoms with van der Waals surface area (Å²) in [5.41, 5.74) is 10.1. The number of imidazole rings is 1. The summed E-state index contributed by atoms with van der Waals surface area (Å²) in [7, 11) is 0. The Morgan fingerprint density at radius 1 is 1.09 bits per heavy atom. The number of aromatic nitrogens is 8. The molecule has 0 bridgehead atoms. The highest BCUT2D eigenvalue weighted by Crippen LogP contribution is 2.37. The second kappa shape index (κ2) is 8.33. The predicted molar refractivity (Wildman–Crippen MR) is 132 cm³/mol. The lowest BCUT2D eigenvalue weighted by molar-refractivity contribution is 0.588. The summed E-state index contributed by atoms with van der Waals surface area (Å²) in [5.74, 6) is 0.988. The molecule has 5 heterocycles. The molecule has 0 unspecified atom stereocenters. The lowest BCUT2D eigenvalue weighted by Crippen LogP contribution is -2.23. The summed E-state index contributed by atoms with van der Waals surface area (Å²) in [6.45, 7) is 0. The van der Waals surface area contributed by atoms with E-state index in [4.69, 9.17) is 28.9 Å². The van der Waals surface area contributed by atoms with Crippen molar-refractivity contribution in [3.63, 3.8) is 0 Å². The Morgan fingerprint density at radius 3 is 2.74 bits per heavy atom. The van der Waals surface area contributed by atoms with Crippen molar-refractivity contribution >= 4 is 29.0 Å². The van der Waals surface area contributed by atoms with Crippen LogP contribution in [-0.2, 0) is 6.42 Å². The van der Waals surface area contributed by atoms with Gasteiger partial charge >= 0.3 is 0 Å². The quantitative estimate of drug-likeness (QED) is 0.380. The number of aromatic amines is 1. The van der Waals surface area contributed by atoms with Crippen molar-refractivity contribution in [3.8, 4) is 28.2 Å². The van der Waals surface area contributed by atoms with Gasteiger partial charge in [0.15, 0.2) is 5.15 Å². The van der Waals surface area contributed by atoms with Crippen LogP contribution in [0.5, 0.6) is 0 Å². The van der Waals surface area contributed by atoms with Crippen LogP contribution in [-0.4, -0.2) is 39.7 Å². The molecule has 0 saturated carbocycles. The number of aryl methyl sites for hydroxylation is 1. The Bertz CT molecular complexity index is 1610. The van der Waals surface area contributed by atoms with Crippen molar-refractivity contribution in [1.82, 2.24) is 39.7 Å². The minimum atomic E-state index is -0.264. The summed E-state index contributed by atoms with van der Waals surface area (Å²) >= 11 is 12.8. The first-order chi connectivity index (χ1) is 17.0. The van der Waals surface area contributed by atoms with Crippen LogP contribution in [0, 0.1) is 0 Å². The highest BCUT2D eigenvalue weighted by molar-refractivity contribution is 6.31. The second-order valence-corrected chi connectivity index (χ2v) is 8.97. The largest absolute Gasteiger partial charge is 0.384 e. The van der Waals surface area contributed by atoms with Gasteiger partial charge in [0.25, 0.3) is 5.56 Å². The third kappa shape index (κ3) is 3.76. The maximum atomic E-state index is 13.4. The number of tetrazole rings is 1. The molecule has 5 aromatic rings. The molecule has 0 saturated heterocycles. The minimum Gasteiger partial charge on any atom is -0.384 e. The molecule has 35 heavy (non-hydrogen) atoms. The number of nitrogens with one attached hydrogen (secondary N) is 1. The van der Waals surface area contributed by atoms with E-state index >= 15 is 0 Å². The van der Waals surface area contributed by atoms with Gasteiger partial charge in [0.1, 0.15) is 18.0 Å². The molecule has 0 amide bonds. The number of benzene rings is 1. The normalized spacial score (nSPS) is 14.9. The second-order valence-electron chi connectivity index (χ2n) is 8.18. The molecule has 4 aromatic heterocycles. The van der Waals surface area contributed by atoms with Gasteiger partial charge in [0.2, 0.25) is 0 Å². The molecule has 1 aromatic carbocycles. The van der Waals surface area contributed by atoms with Crippen LogP contribution in [0.15, 0.2) is 59.8 Å². The van der Waals surface area contributed by atoms with Crippen molar-refractivity contribution in [2.75, 3.05) is 5.73 Å². The number of pyridine rings is 2. The number of nitrogens with two attached hydrogens (primary N) is 1. The average Bonchev–Trinajstić information content (AvgIpc) is 3.59. The predicted octanol–water partition coefficient (Wildman–Crippen LogP) is 3.70. The Kier molecular flexibility index (Phi) is 5.12. The molecule has 12 heteroatoms. The van der Waals surface area contributed by atoms with Gasteiger partial charge in [-0.2, -0.15) is 4.68 Å². The number of halogens is 2. The molecule has 1 atom stereocenters. The summed E-state index contributed by atoms with van der Waals surface area (Å²) in [5, 5.41) is 12.3. The van der Waals surface area contributed by atoms with Crippen molar-refractivity contribution in [1.29, 1.82) is 0 Å². The minimum absolute atomic E-state index is 0.149. The summed E-state index contributed by atoms with van der Waals surface area (Å²) in [6.07, 6.45) is 4.53. The van der Waals surface area contributed by atoms with Crippen molar-refractivity contribution in [3.05, 3.63) is 86.9 Å². The number of nitrogens with zero attached hydrogens (tertiary/aromatic N) is 7. The third-order valence-corrected chi connectivity index (χ3v) is 6.60.